The van der Waals surface area contributed by atoms with Crippen LogP contribution in [0.25, 0.3) is 0 Å². The quantitative estimate of drug-likeness (QED) is 0.795. The third kappa shape index (κ3) is 2.40. The van der Waals surface area contributed by atoms with Gasteiger partial charge in [0, 0.05) is 24.8 Å². The largest absolute Gasteiger partial charge is 0.507 e. The van der Waals surface area contributed by atoms with Crippen molar-refractivity contribution in [1.82, 2.24) is 0 Å². The number of aromatic hydroxyl groups is 1. The molecule has 0 fully saturated rings. The third-order valence-electron chi connectivity index (χ3n) is 2.34. The zero-order chi connectivity index (χ0) is 11.4. The second-order valence-electron chi connectivity index (χ2n) is 3.18. The average molecular weight is 209 g/mol. The Morgan fingerprint density at radius 1 is 1.33 bits per heavy atom. The molecule has 0 aliphatic rings. The summed E-state index contributed by atoms with van der Waals surface area (Å²) in [6.07, 6.45) is 0. The van der Waals surface area contributed by atoms with Crippen molar-refractivity contribution >= 4 is 11.7 Å². The Bertz CT molecular complexity index is 359. The first kappa shape index (κ1) is 11.4. The molecule has 0 spiro atoms. The summed E-state index contributed by atoms with van der Waals surface area (Å²) >= 11 is 0. The van der Waals surface area contributed by atoms with Crippen LogP contribution in [0.15, 0.2) is 18.2 Å². The average Bonchev–Trinajstić information content (AvgIpc) is 2.19. The SMILES string of the molecule is CCN(CC)c1ccc(C(=O)O)c(O)c1. The normalized spacial score (nSPS) is 10.0. The summed E-state index contributed by atoms with van der Waals surface area (Å²) < 4.78 is 0. The van der Waals surface area contributed by atoms with Crippen LogP contribution in [0.1, 0.15) is 24.2 Å². The number of carboxylic acids is 1. The van der Waals surface area contributed by atoms with Crippen molar-refractivity contribution in [3.63, 3.8) is 0 Å². The van der Waals surface area contributed by atoms with Crippen LogP contribution in [0.5, 0.6) is 5.75 Å². The van der Waals surface area contributed by atoms with Gasteiger partial charge in [0.1, 0.15) is 11.3 Å². The van der Waals surface area contributed by atoms with Crippen molar-refractivity contribution in [3.8, 4) is 5.75 Å². The van der Waals surface area contributed by atoms with Gasteiger partial charge in [-0.05, 0) is 26.0 Å². The highest BCUT2D eigenvalue weighted by molar-refractivity contribution is 5.91. The lowest BCUT2D eigenvalue weighted by molar-refractivity contribution is 0.0694. The molecule has 0 bridgehead atoms. The summed E-state index contributed by atoms with van der Waals surface area (Å²) in [5.74, 6) is -1.30. The highest BCUT2D eigenvalue weighted by Crippen LogP contribution is 2.24. The maximum atomic E-state index is 10.7. The second-order valence-corrected chi connectivity index (χ2v) is 3.18. The molecule has 82 valence electrons. The Balaban J connectivity index is 3.05. The molecule has 1 aromatic rings. The van der Waals surface area contributed by atoms with Crippen molar-refractivity contribution in [3.05, 3.63) is 23.8 Å². The van der Waals surface area contributed by atoms with Crippen molar-refractivity contribution in [2.45, 2.75) is 13.8 Å². The van der Waals surface area contributed by atoms with Gasteiger partial charge in [-0.15, -0.1) is 0 Å². The molecule has 0 aromatic heterocycles. The van der Waals surface area contributed by atoms with Crippen LogP contribution >= 0.6 is 0 Å². The molecular formula is C11H15NO3. The summed E-state index contributed by atoms with van der Waals surface area (Å²) in [4.78, 5) is 12.7. The van der Waals surface area contributed by atoms with E-state index >= 15 is 0 Å². The fraction of sp³-hybridized carbons (Fsp3) is 0.364. The van der Waals surface area contributed by atoms with Crippen LogP contribution in [0.2, 0.25) is 0 Å². The summed E-state index contributed by atoms with van der Waals surface area (Å²) in [6, 6.07) is 4.61. The fourth-order valence-electron chi connectivity index (χ4n) is 1.49. The Kier molecular flexibility index (Phi) is 3.55. The second kappa shape index (κ2) is 4.68. The standard InChI is InChI=1S/C11H15NO3/c1-3-12(4-2)8-5-6-9(11(14)15)10(13)7-8/h5-7,13H,3-4H2,1-2H3,(H,14,15). The van der Waals surface area contributed by atoms with E-state index in [-0.39, 0.29) is 11.3 Å². The van der Waals surface area contributed by atoms with Crippen molar-refractivity contribution in [1.29, 1.82) is 0 Å². The van der Waals surface area contributed by atoms with Crippen LogP contribution in [-0.2, 0) is 0 Å². The van der Waals surface area contributed by atoms with Gasteiger partial charge in [-0.1, -0.05) is 0 Å². The van der Waals surface area contributed by atoms with Crippen LogP contribution in [-0.4, -0.2) is 29.3 Å². The highest BCUT2D eigenvalue weighted by atomic mass is 16.4. The van der Waals surface area contributed by atoms with E-state index in [1.165, 1.54) is 12.1 Å². The zero-order valence-corrected chi connectivity index (χ0v) is 8.90. The minimum atomic E-state index is -1.11. The molecule has 0 amide bonds. The van der Waals surface area contributed by atoms with E-state index in [4.69, 9.17) is 5.11 Å². The third-order valence-corrected chi connectivity index (χ3v) is 2.34. The molecule has 4 nitrogen and oxygen atoms in total. The maximum absolute atomic E-state index is 10.7. The van der Waals surface area contributed by atoms with E-state index in [0.29, 0.717) is 0 Å². The maximum Gasteiger partial charge on any atom is 0.339 e. The molecule has 0 saturated heterocycles. The first-order chi connectivity index (χ1) is 7.10. The molecule has 1 rings (SSSR count). The van der Waals surface area contributed by atoms with Crippen LogP contribution in [0.4, 0.5) is 5.69 Å². The summed E-state index contributed by atoms with van der Waals surface area (Å²) in [7, 11) is 0. The summed E-state index contributed by atoms with van der Waals surface area (Å²) in [5, 5.41) is 18.2. The number of rotatable bonds is 4. The van der Waals surface area contributed by atoms with Gasteiger partial charge in [0.2, 0.25) is 0 Å². The monoisotopic (exact) mass is 209 g/mol. The lowest BCUT2D eigenvalue weighted by Crippen LogP contribution is -2.21. The van der Waals surface area contributed by atoms with Crippen molar-refractivity contribution in [2.24, 2.45) is 0 Å². The topological polar surface area (TPSA) is 60.8 Å². The van der Waals surface area contributed by atoms with E-state index in [2.05, 4.69) is 0 Å². The number of anilines is 1. The first-order valence-electron chi connectivity index (χ1n) is 4.91. The highest BCUT2D eigenvalue weighted by Gasteiger charge is 2.11. The number of hydrogen-bond acceptors (Lipinski definition) is 3. The summed E-state index contributed by atoms with van der Waals surface area (Å²) in [6.45, 7) is 5.65. The van der Waals surface area contributed by atoms with Gasteiger partial charge in [-0.25, -0.2) is 4.79 Å². The Morgan fingerprint density at radius 2 is 1.93 bits per heavy atom. The number of carbonyl (C=O) groups is 1. The predicted molar refractivity (Wildman–Crippen MR) is 58.6 cm³/mol. The van der Waals surface area contributed by atoms with E-state index in [9.17, 15) is 9.90 Å². The molecule has 0 atom stereocenters. The van der Waals surface area contributed by atoms with Gasteiger partial charge in [-0.2, -0.15) is 0 Å². The minimum Gasteiger partial charge on any atom is -0.507 e. The molecule has 0 saturated carbocycles. The van der Waals surface area contributed by atoms with Gasteiger partial charge in [0.05, 0.1) is 0 Å². The van der Waals surface area contributed by atoms with Crippen molar-refractivity contribution < 1.29 is 15.0 Å². The smallest absolute Gasteiger partial charge is 0.339 e. The molecule has 0 radical (unpaired) electrons. The molecule has 0 aliphatic heterocycles. The Hall–Kier alpha value is -1.71. The van der Waals surface area contributed by atoms with Gasteiger partial charge >= 0.3 is 5.97 Å². The molecule has 15 heavy (non-hydrogen) atoms. The molecule has 0 aliphatic carbocycles. The fourth-order valence-corrected chi connectivity index (χ4v) is 1.49. The lowest BCUT2D eigenvalue weighted by atomic mass is 10.1. The van der Waals surface area contributed by atoms with Gasteiger partial charge < -0.3 is 15.1 Å². The number of hydrogen-bond donors (Lipinski definition) is 2. The van der Waals surface area contributed by atoms with Crippen LogP contribution in [0.3, 0.4) is 0 Å². The van der Waals surface area contributed by atoms with E-state index in [1.54, 1.807) is 6.07 Å². The van der Waals surface area contributed by atoms with Crippen LogP contribution < -0.4 is 4.90 Å². The van der Waals surface area contributed by atoms with Gasteiger partial charge in [0.15, 0.2) is 0 Å². The number of phenols is 1. The molecule has 0 heterocycles. The first-order valence-corrected chi connectivity index (χ1v) is 4.91. The van der Waals surface area contributed by atoms with E-state index in [0.717, 1.165) is 18.8 Å². The molecule has 1 aromatic carbocycles. The molecule has 4 heteroatoms. The van der Waals surface area contributed by atoms with Gasteiger partial charge in [-0.3, -0.25) is 0 Å². The Labute approximate surface area is 88.8 Å². The van der Waals surface area contributed by atoms with Crippen molar-refractivity contribution in [2.75, 3.05) is 18.0 Å². The lowest BCUT2D eigenvalue weighted by Gasteiger charge is -2.21. The number of aromatic carboxylic acids is 1. The van der Waals surface area contributed by atoms with E-state index in [1.807, 2.05) is 18.7 Å². The molecule has 2 N–H and O–H groups in total. The number of nitrogens with zero attached hydrogens (tertiary/aromatic N) is 1. The molecule has 0 unspecified atom stereocenters. The van der Waals surface area contributed by atoms with E-state index < -0.39 is 5.97 Å². The summed E-state index contributed by atoms with van der Waals surface area (Å²) in [5.41, 5.74) is 0.772. The minimum absolute atomic E-state index is 0.0640. The number of carboxylic acid groups (broad SMARTS) is 1. The Morgan fingerprint density at radius 3 is 2.33 bits per heavy atom. The zero-order valence-electron chi connectivity index (χ0n) is 8.90. The molecular weight excluding hydrogens is 194 g/mol. The van der Waals surface area contributed by atoms with Gasteiger partial charge in [0.25, 0.3) is 0 Å². The number of benzene rings is 1. The van der Waals surface area contributed by atoms with Crippen LogP contribution in [0, 0.1) is 0 Å². The predicted octanol–water partition coefficient (Wildman–Crippen LogP) is 1.94.